The molecule has 3 fully saturated rings. The van der Waals surface area contributed by atoms with Gasteiger partial charge in [0.05, 0.1) is 18.6 Å². The van der Waals surface area contributed by atoms with E-state index in [1.54, 1.807) is 12.0 Å². The quantitative estimate of drug-likeness (QED) is 0.733. The van der Waals surface area contributed by atoms with Gasteiger partial charge in [0.2, 0.25) is 17.7 Å². The van der Waals surface area contributed by atoms with Crippen molar-refractivity contribution in [3.8, 4) is 5.75 Å². The summed E-state index contributed by atoms with van der Waals surface area (Å²) in [7, 11) is 1.60. The van der Waals surface area contributed by atoms with Crippen LogP contribution in [-0.2, 0) is 19.1 Å². The first kappa shape index (κ1) is 23.5. The number of hydrogen-bond acceptors (Lipinski definition) is 5. The number of ether oxygens (including phenoxy) is 2. The highest BCUT2D eigenvalue weighted by Gasteiger charge is 2.39. The predicted octanol–water partition coefficient (Wildman–Crippen LogP) is 2.36. The maximum atomic E-state index is 13.1. The number of nitrogens with zero attached hydrogens (tertiary/aromatic N) is 2. The largest absolute Gasteiger partial charge is 0.497 e. The summed E-state index contributed by atoms with van der Waals surface area (Å²) in [4.78, 5) is 42.0. The van der Waals surface area contributed by atoms with E-state index >= 15 is 0 Å². The third kappa shape index (κ3) is 5.49. The van der Waals surface area contributed by atoms with E-state index in [1.165, 1.54) is 0 Å². The van der Waals surface area contributed by atoms with Crippen molar-refractivity contribution in [3.05, 3.63) is 24.3 Å². The Hall–Kier alpha value is -2.61. The molecule has 0 aliphatic carbocycles. The fraction of sp³-hybridized carbons (Fsp3) is 0.640. The van der Waals surface area contributed by atoms with Gasteiger partial charge in [-0.3, -0.25) is 14.4 Å². The summed E-state index contributed by atoms with van der Waals surface area (Å²) in [5.74, 6) is 0.393. The van der Waals surface area contributed by atoms with Gasteiger partial charge < -0.3 is 24.6 Å². The molecule has 0 unspecified atom stereocenters. The molecule has 3 aliphatic rings. The van der Waals surface area contributed by atoms with E-state index in [0.29, 0.717) is 39.1 Å². The van der Waals surface area contributed by atoms with Crippen molar-refractivity contribution >= 4 is 23.4 Å². The topological polar surface area (TPSA) is 88.2 Å². The zero-order chi connectivity index (χ0) is 23.6. The molecule has 8 heteroatoms. The van der Waals surface area contributed by atoms with Crippen LogP contribution in [0.5, 0.6) is 5.75 Å². The number of likely N-dealkylation sites (tertiary alicyclic amines) is 1. The average Bonchev–Trinajstić information content (AvgIpc) is 3.19. The van der Waals surface area contributed by atoms with E-state index in [0.717, 1.165) is 24.3 Å². The minimum atomic E-state index is -0.338. The first-order chi connectivity index (χ1) is 15.8. The molecule has 180 valence electrons. The van der Waals surface area contributed by atoms with Gasteiger partial charge in [0, 0.05) is 50.3 Å². The van der Waals surface area contributed by atoms with Crippen molar-refractivity contribution in [2.24, 2.45) is 11.8 Å². The van der Waals surface area contributed by atoms with Gasteiger partial charge in [0.1, 0.15) is 5.75 Å². The zero-order valence-corrected chi connectivity index (χ0v) is 19.8. The average molecular weight is 458 g/mol. The lowest BCUT2D eigenvalue weighted by atomic mass is 9.91. The SMILES string of the molecule is COc1ccc(N2C[C@H](C(=O)N3CCC(C(=O)N[C@@H]4CCOC(C)(C)C4)CC3)CC2=O)cc1. The molecule has 3 aliphatic heterocycles. The smallest absolute Gasteiger partial charge is 0.228 e. The Kier molecular flexibility index (Phi) is 6.93. The number of amides is 3. The number of carbonyl (C=O) groups is 3. The van der Waals surface area contributed by atoms with Crippen molar-refractivity contribution in [1.82, 2.24) is 10.2 Å². The molecule has 0 radical (unpaired) electrons. The maximum absolute atomic E-state index is 13.1. The van der Waals surface area contributed by atoms with E-state index in [4.69, 9.17) is 9.47 Å². The summed E-state index contributed by atoms with van der Waals surface area (Å²) in [6.07, 6.45) is 3.20. The second kappa shape index (κ2) is 9.71. The van der Waals surface area contributed by atoms with Gasteiger partial charge in [-0.2, -0.15) is 0 Å². The second-order valence-corrected chi connectivity index (χ2v) is 10.0. The lowest BCUT2D eigenvalue weighted by molar-refractivity contribution is -0.139. The van der Waals surface area contributed by atoms with Gasteiger partial charge in [-0.25, -0.2) is 0 Å². The summed E-state index contributed by atoms with van der Waals surface area (Å²) in [5.41, 5.74) is 0.576. The summed E-state index contributed by atoms with van der Waals surface area (Å²) < 4.78 is 10.9. The van der Waals surface area contributed by atoms with Crippen LogP contribution in [0.4, 0.5) is 5.69 Å². The number of rotatable bonds is 5. The maximum Gasteiger partial charge on any atom is 0.228 e. The van der Waals surface area contributed by atoms with Crippen LogP contribution in [0.2, 0.25) is 0 Å². The van der Waals surface area contributed by atoms with Crippen LogP contribution in [-0.4, -0.2) is 67.6 Å². The molecule has 0 saturated carbocycles. The standard InChI is InChI=1S/C25H35N3O5/c1-25(2)15-19(10-13-33-25)26-23(30)17-8-11-27(12-9-17)24(31)18-14-22(29)28(16-18)20-4-6-21(32-3)7-5-20/h4-7,17-19H,8-16H2,1-3H3,(H,26,30)/t18-,19-/m1/s1. The number of piperidine rings is 1. The molecule has 33 heavy (non-hydrogen) atoms. The molecule has 0 aromatic heterocycles. The van der Waals surface area contributed by atoms with Crippen LogP contribution in [0, 0.1) is 11.8 Å². The third-order valence-corrected chi connectivity index (χ3v) is 7.08. The molecule has 3 heterocycles. The Bertz CT molecular complexity index is 877. The van der Waals surface area contributed by atoms with Gasteiger partial charge in [-0.1, -0.05) is 0 Å². The molecule has 1 aromatic carbocycles. The van der Waals surface area contributed by atoms with Gasteiger partial charge in [0.15, 0.2) is 0 Å². The van der Waals surface area contributed by atoms with Gasteiger partial charge in [-0.05, 0) is 63.8 Å². The molecule has 4 rings (SSSR count). The van der Waals surface area contributed by atoms with Crippen LogP contribution >= 0.6 is 0 Å². The number of benzene rings is 1. The van der Waals surface area contributed by atoms with Crippen LogP contribution in [0.1, 0.15) is 46.0 Å². The fourth-order valence-electron chi connectivity index (χ4n) is 5.18. The Morgan fingerprint density at radius 3 is 2.42 bits per heavy atom. The molecule has 1 aromatic rings. The molecule has 3 amide bonds. The van der Waals surface area contributed by atoms with Crippen molar-refractivity contribution < 1.29 is 23.9 Å². The summed E-state index contributed by atoms with van der Waals surface area (Å²) in [5, 5.41) is 3.20. The van der Waals surface area contributed by atoms with Gasteiger partial charge in [-0.15, -0.1) is 0 Å². The summed E-state index contributed by atoms with van der Waals surface area (Å²) in [6, 6.07) is 7.46. The lowest BCUT2D eigenvalue weighted by Crippen LogP contribution is -2.50. The molecule has 2 atom stereocenters. The predicted molar refractivity (Wildman–Crippen MR) is 124 cm³/mol. The van der Waals surface area contributed by atoms with Gasteiger partial charge >= 0.3 is 0 Å². The minimum Gasteiger partial charge on any atom is -0.497 e. The van der Waals surface area contributed by atoms with E-state index in [1.807, 2.05) is 29.2 Å². The van der Waals surface area contributed by atoms with Crippen molar-refractivity contribution in [3.63, 3.8) is 0 Å². The number of nitrogens with one attached hydrogen (secondary N) is 1. The van der Waals surface area contributed by atoms with Crippen LogP contribution in [0.15, 0.2) is 24.3 Å². The molecule has 3 saturated heterocycles. The van der Waals surface area contributed by atoms with E-state index in [9.17, 15) is 14.4 Å². The highest BCUT2D eigenvalue weighted by Crippen LogP contribution is 2.30. The van der Waals surface area contributed by atoms with Crippen molar-refractivity contribution in [1.29, 1.82) is 0 Å². The highest BCUT2D eigenvalue weighted by atomic mass is 16.5. The molecular formula is C25H35N3O5. The van der Waals surface area contributed by atoms with Crippen LogP contribution in [0.3, 0.4) is 0 Å². The second-order valence-electron chi connectivity index (χ2n) is 10.0. The molecular weight excluding hydrogens is 422 g/mol. The first-order valence-corrected chi connectivity index (χ1v) is 11.9. The Labute approximate surface area is 195 Å². The van der Waals surface area contributed by atoms with Crippen molar-refractivity contribution in [2.45, 2.75) is 57.6 Å². The molecule has 8 nitrogen and oxygen atoms in total. The van der Waals surface area contributed by atoms with E-state index in [-0.39, 0.29) is 47.6 Å². The number of hydrogen-bond donors (Lipinski definition) is 1. The van der Waals surface area contributed by atoms with Gasteiger partial charge in [0.25, 0.3) is 0 Å². The zero-order valence-electron chi connectivity index (χ0n) is 19.8. The number of methoxy groups -OCH3 is 1. The molecule has 0 bridgehead atoms. The monoisotopic (exact) mass is 457 g/mol. The Morgan fingerprint density at radius 1 is 1.09 bits per heavy atom. The normalized spacial score (nSPS) is 25.7. The lowest BCUT2D eigenvalue weighted by Gasteiger charge is -2.37. The van der Waals surface area contributed by atoms with Crippen LogP contribution in [0.25, 0.3) is 0 Å². The van der Waals surface area contributed by atoms with Crippen molar-refractivity contribution in [2.75, 3.05) is 38.3 Å². The minimum absolute atomic E-state index is 0.0180. The third-order valence-electron chi connectivity index (χ3n) is 7.08. The first-order valence-electron chi connectivity index (χ1n) is 11.9. The highest BCUT2D eigenvalue weighted by molar-refractivity contribution is 6.00. The number of anilines is 1. The summed E-state index contributed by atoms with van der Waals surface area (Å²) in [6.45, 7) is 6.28. The molecule has 1 N–H and O–H groups in total. The molecule has 0 spiro atoms. The fourth-order valence-corrected chi connectivity index (χ4v) is 5.18. The van der Waals surface area contributed by atoms with E-state index < -0.39 is 0 Å². The van der Waals surface area contributed by atoms with Crippen LogP contribution < -0.4 is 15.0 Å². The van der Waals surface area contributed by atoms with E-state index in [2.05, 4.69) is 19.2 Å². The Balaban J connectivity index is 1.27. The number of carbonyl (C=O) groups excluding carboxylic acids is 3. The summed E-state index contributed by atoms with van der Waals surface area (Å²) >= 11 is 0. The Morgan fingerprint density at radius 2 is 1.79 bits per heavy atom.